The van der Waals surface area contributed by atoms with Crippen LogP contribution >= 0.6 is 0 Å². The van der Waals surface area contributed by atoms with Gasteiger partial charge in [0.25, 0.3) is 0 Å². The Hall–Kier alpha value is -2.89. The maximum Gasteiger partial charge on any atom is 0.306 e. The van der Waals surface area contributed by atoms with Gasteiger partial charge in [-0.1, -0.05) is 171 Å². The van der Waals surface area contributed by atoms with Crippen LogP contribution in [0.1, 0.15) is 207 Å². The van der Waals surface area contributed by atoms with Gasteiger partial charge >= 0.3 is 17.9 Å². The summed E-state index contributed by atoms with van der Waals surface area (Å²) in [7, 11) is 0. The van der Waals surface area contributed by atoms with Crippen LogP contribution in [0.5, 0.6) is 0 Å². The standard InChI is InChI=1S/C48H82O6/c1-4-7-10-13-16-19-21-22-23-24-25-27-29-32-35-38-41-47(50)53-44-45(43-52-46(49)40-37-34-31-28-18-15-12-9-6-3)54-48(51)42-39-36-33-30-26-20-17-14-11-8-5-2/h7,9-10,12,16,18-19,22-23,28,45H,4-6,8,11,13-15,17,20-21,24-27,29-44H2,1-3H3/b10-7-,12-9-,19-16-,23-22-,28-18-. The first-order valence-electron chi connectivity index (χ1n) is 22.3. The number of unbranched alkanes of at least 4 members (excludes halogenated alkanes) is 18. The molecule has 6 heteroatoms. The van der Waals surface area contributed by atoms with E-state index in [1.54, 1.807) is 0 Å². The first-order chi connectivity index (χ1) is 26.5. The first kappa shape index (κ1) is 51.1. The van der Waals surface area contributed by atoms with E-state index in [1.165, 1.54) is 70.6 Å². The van der Waals surface area contributed by atoms with Crippen molar-refractivity contribution >= 4 is 17.9 Å². The number of carbonyl (C=O) groups excluding carboxylic acids is 3. The van der Waals surface area contributed by atoms with Crippen molar-refractivity contribution in [1.29, 1.82) is 0 Å². The maximum atomic E-state index is 12.7. The van der Waals surface area contributed by atoms with E-state index >= 15 is 0 Å². The molecule has 6 nitrogen and oxygen atoms in total. The molecule has 1 unspecified atom stereocenters. The number of rotatable bonds is 39. The highest BCUT2D eigenvalue weighted by atomic mass is 16.6. The highest BCUT2D eigenvalue weighted by Crippen LogP contribution is 2.14. The van der Waals surface area contributed by atoms with E-state index in [-0.39, 0.29) is 31.1 Å². The zero-order valence-corrected chi connectivity index (χ0v) is 35.2. The van der Waals surface area contributed by atoms with Crippen molar-refractivity contribution in [2.45, 2.75) is 213 Å². The number of allylic oxidation sites excluding steroid dienone is 10. The average molecular weight is 755 g/mol. The number of hydrogen-bond donors (Lipinski definition) is 0. The summed E-state index contributed by atoms with van der Waals surface area (Å²) in [4.78, 5) is 37.6. The summed E-state index contributed by atoms with van der Waals surface area (Å²) in [6.07, 6.45) is 50.7. The van der Waals surface area contributed by atoms with Crippen molar-refractivity contribution in [2.24, 2.45) is 0 Å². The molecule has 1 atom stereocenters. The zero-order chi connectivity index (χ0) is 39.4. The Morgan fingerprint density at radius 3 is 1.17 bits per heavy atom. The van der Waals surface area contributed by atoms with E-state index in [2.05, 4.69) is 81.5 Å². The fourth-order valence-corrected chi connectivity index (χ4v) is 5.96. The van der Waals surface area contributed by atoms with Crippen LogP contribution in [0.3, 0.4) is 0 Å². The van der Waals surface area contributed by atoms with Gasteiger partial charge in [-0.2, -0.15) is 0 Å². The number of esters is 3. The molecule has 0 amide bonds. The Balaban J connectivity index is 4.38. The quantitative estimate of drug-likeness (QED) is 0.0269. The highest BCUT2D eigenvalue weighted by Gasteiger charge is 2.19. The van der Waals surface area contributed by atoms with E-state index in [9.17, 15) is 14.4 Å². The van der Waals surface area contributed by atoms with Crippen LogP contribution in [0, 0.1) is 0 Å². The lowest BCUT2D eigenvalue weighted by molar-refractivity contribution is -0.167. The van der Waals surface area contributed by atoms with Gasteiger partial charge in [0.05, 0.1) is 0 Å². The molecular weight excluding hydrogens is 673 g/mol. The van der Waals surface area contributed by atoms with Crippen LogP contribution in [0.15, 0.2) is 60.8 Å². The zero-order valence-electron chi connectivity index (χ0n) is 35.2. The molecule has 0 aliphatic rings. The summed E-state index contributed by atoms with van der Waals surface area (Å²) in [5.74, 6) is -0.945. The molecule has 0 aromatic carbocycles. The smallest absolute Gasteiger partial charge is 0.306 e. The summed E-state index contributed by atoms with van der Waals surface area (Å²) in [5.41, 5.74) is 0. The van der Waals surface area contributed by atoms with Crippen LogP contribution < -0.4 is 0 Å². The molecule has 0 N–H and O–H groups in total. The molecule has 0 aromatic rings. The van der Waals surface area contributed by atoms with Gasteiger partial charge in [-0.05, 0) is 77.0 Å². The summed E-state index contributed by atoms with van der Waals surface area (Å²) >= 11 is 0. The lowest BCUT2D eigenvalue weighted by Crippen LogP contribution is -2.30. The second-order valence-corrected chi connectivity index (χ2v) is 14.5. The minimum atomic E-state index is -0.787. The molecule has 0 saturated heterocycles. The minimum absolute atomic E-state index is 0.0907. The lowest BCUT2D eigenvalue weighted by Gasteiger charge is -2.18. The fraction of sp³-hybridized carbons (Fsp3) is 0.729. The van der Waals surface area contributed by atoms with Gasteiger partial charge in [-0.25, -0.2) is 0 Å². The van der Waals surface area contributed by atoms with Gasteiger partial charge in [-0.3, -0.25) is 14.4 Å². The van der Waals surface area contributed by atoms with Crippen LogP contribution in [-0.2, 0) is 28.6 Å². The molecule has 0 aliphatic carbocycles. The number of hydrogen-bond acceptors (Lipinski definition) is 6. The van der Waals surface area contributed by atoms with E-state index in [0.717, 1.165) is 96.3 Å². The minimum Gasteiger partial charge on any atom is -0.462 e. The first-order valence-corrected chi connectivity index (χ1v) is 22.3. The number of carbonyl (C=O) groups is 3. The molecule has 0 aliphatic heterocycles. The second-order valence-electron chi connectivity index (χ2n) is 14.5. The van der Waals surface area contributed by atoms with E-state index in [4.69, 9.17) is 14.2 Å². The van der Waals surface area contributed by atoms with E-state index < -0.39 is 6.10 Å². The van der Waals surface area contributed by atoms with Gasteiger partial charge in [0.1, 0.15) is 13.2 Å². The van der Waals surface area contributed by atoms with Gasteiger partial charge in [0, 0.05) is 19.3 Å². The summed E-state index contributed by atoms with van der Waals surface area (Å²) in [5, 5.41) is 0. The molecule has 310 valence electrons. The Bertz CT molecular complexity index is 1010. The molecule has 0 bridgehead atoms. The average Bonchev–Trinajstić information content (AvgIpc) is 3.17. The third-order valence-corrected chi connectivity index (χ3v) is 9.27. The second kappa shape index (κ2) is 42.8. The van der Waals surface area contributed by atoms with Gasteiger partial charge < -0.3 is 14.2 Å². The Labute approximate surface area is 332 Å². The van der Waals surface area contributed by atoms with Crippen molar-refractivity contribution in [3.63, 3.8) is 0 Å². The Morgan fingerprint density at radius 1 is 0.389 bits per heavy atom. The van der Waals surface area contributed by atoms with Gasteiger partial charge in [0.15, 0.2) is 6.10 Å². The van der Waals surface area contributed by atoms with Crippen molar-refractivity contribution < 1.29 is 28.6 Å². The van der Waals surface area contributed by atoms with Crippen LogP contribution in [0.25, 0.3) is 0 Å². The topological polar surface area (TPSA) is 78.9 Å². The summed E-state index contributed by atoms with van der Waals surface area (Å²) < 4.78 is 16.6. The molecule has 0 aromatic heterocycles. The highest BCUT2D eigenvalue weighted by molar-refractivity contribution is 5.71. The molecular formula is C48H82O6. The molecule has 0 heterocycles. The van der Waals surface area contributed by atoms with Crippen molar-refractivity contribution in [2.75, 3.05) is 13.2 Å². The van der Waals surface area contributed by atoms with Crippen LogP contribution in [0.2, 0.25) is 0 Å². The largest absolute Gasteiger partial charge is 0.462 e. The Kier molecular flexibility index (Phi) is 40.6. The molecule has 0 radical (unpaired) electrons. The SMILES string of the molecule is CC/C=C\C/C=C\C/C=C\CCCCCCCCC(=O)OCC(COC(=O)CCCC/C=C\C/C=C\CC)OC(=O)CCCCCCCCCCCCC. The predicted molar refractivity (Wildman–Crippen MR) is 228 cm³/mol. The van der Waals surface area contributed by atoms with Crippen molar-refractivity contribution in [1.82, 2.24) is 0 Å². The van der Waals surface area contributed by atoms with Crippen molar-refractivity contribution in [3.8, 4) is 0 Å². The molecule has 54 heavy (non-hydrogen) atoms. The maximum absolute atomic E-state index is 12.7. The van der Waals surface area contributed by atoms with Crippen molar-refractivity contribution in [3.05, 3.63) is 60.8 Å². The fourth-order valence-electron chi connectivity index (χ4n) is 5.96. The molecule has 0 rings (SSSR count). The summed E-state index contributed by atoms with van der Waals surface area (Å²) in [6, 6.07) is 0. The van der Waals surface area contributed by atoms with E-state index in [0.29, 0.717) is 19.3 Å². The normalized spacial score (nSPS) is 12.6. The van der Waals surface area contributed by atoms with Gasteiger partial charge in [-0.15, -0.1) is 0 Å². The molecule has 0 fully saturated rings. The van der Waals surface area contributed by atoms with Gasteiger partial charge in [0.2, 0.25) is 0 Å². The van der Waals surface area contributed by atoms with Crippen LogP contribution in [-0.4, -0.2) is 37.2 Å². The predicted octanol–water partition coefficient (Wildman–Crippen LogP) is 14.1. The Morgan fingerprint density at radius 2 is 0.722 bits per heavy atom. The lowest BCUT2D eigenvalue weighted by atomic mass is 10.1. The monoisotopic (exact) mass is 755 g/mol. The molecule has 0 saturated carbocycles. The summed E-state index contributed by atoms with van der Waals surface area (Å²) in [6.45, 7) is 6.34. The third kappa shape index (κ3) is 40.3. The third-order valence-electron chi connectivity index (χ3n) is 9.27. The van der Waals surface area contributed by atoms with E-state index in [1.807, 2.05) is 0 Å². The molecule has 0 spiro atoms. The van der Waals surface area contributed by atoms with Crippen LogP contribution in [0.4, 0.5) is 0 Å². The number of ether oxygens (including phenoxy) is 3.